The summed E-state index contributed by atoms with van der Waals surface area (Å²) in [4.78, 5) is 6.79. The van der Waals surface area contributed by atoms with Gasteiger partial charge in [-0.25, -0.2) is 0 Å². The number of hydrogen-bond donors (Lipinski definition) is 1. The van der Waals surface area contributed by atoms with Gasteiger partial charge >= 0.3 is 0 Å². The number of nitrogens with one attached hydrogen (secondary N) is 1. The average Bonchev–Trinajstić information content (AvgIpc) is 3.59. The Labute approximate surface area is 225 Å². The smallest absolute Gasteiger partial charge is 0.231 e. The van der Waals surface area contributed by atoms with E-state index in [1.807, 2.05) is 54.6 Å². The third kappa shape index (κ3) is 3.97. The van der Waals surface area contributed by atoms with Crippen molar-refractivity contribution in [1.82, 2.24) is 14.9 Å². The molecule has 6 rings (SSSR count). The van der Waals surface area contributed by atoms with Crippen LogP contribution in [-0.2, 0) is 0 Å². The second-order valence-corrected chi connectivity index (χ2v) is 9.81. The van der Waals surface area contributed by atoms with Gasteiger partial charge in [-0.2, -0.15) is 0 Å². The Morgan fingerprint density at radius 3 is 2.59 bits per heavy atom. The first-order valence-electron chi connectivity index (χ1n) is 11.9. The second kappa shape index (κ2) is 9.28. The Morgan fingerprint density at radius 1 is 1.03 bits per heavy atom. The highest BCUT2D eigenvalue weighted by molar-refractivity contribution is 7.80. The molecule has 4 heterocycles. The largest absolute Gasteiger partial charge is 0.495 e. The van der Waals surface area contributed by atoms with Gasteiger partial charge in [0.1, 0.15) is 5.75 Å². The number of pyridine rings is 1. The molecule has 0 amide bonds. The zero-order valence-corrected chi connectivity index (χ0v) is 22.1. The molecule has 0 aliphatic carbocycles. The molecular formula is C28H25ClN4O3S. The maximum atomic E-state index is 6.54. The predicted molar refractivity (Wildman–Crippen MR) is 147 cm³/mol. The molecule has 1 N–H and O–H groups in total. The highest BCUT2D eigenvalue weighted by atomic mass is 35.5. The number of halogens is 1. The van der Waals surface area contributed by atoms with Crippen LogP contribution in [0.3, 0.4) is 0 Å². The first kappa shape index (κ1) is 23.6. The number of nitrogens with zero attached hydrogens (tertiary/aromatic N) is 3. The molecule has 1 saturated heterocycles. The summed E-state index contributed by atoms with van der Waals surface area (Å²) in [5.41, 5.74) is 6.11. The van der Waals surface area contributed by atoms with Gasteiger partial charge in [0, 0.05) is 35.0 Å². The van der Waals surface area contributed by atoms with Crippen molar-refractivity contribution in [2.75, 3.05) is 18.8 Å². The number of rotatable bonds is 5. The van der Waals surface area contributed by atoms with Crippen LogP contribution in [-0.4, -0.2) is 28.6 Å². The van der Waals surface area contributed by atoms with Crippen LogP contribution in [0.1, 0.15) is 34.7 Å². The van der Waals surface area contributed by atoms with Gasteiger partial charge in [0.25, 0.3) is 0 Å². The van der Waals surface area contributed by atoms with Crippen molar-refractivity contribution in [3.63, 3.8) is 0 Å². The number of aryl methyl sites for hydroxylation is 1. The van der Waals surface area contributed by atoms with E-state index in [-0.39, 0.29) is 18.9 Å². The molecule has 37 heavy (non-hydrogen) atoms. The van der Waals surface area contributed by atoms with Gasteiger partial charge in [-0.1, -0.05) is 17.7 Å². The van der Waals surface area contributed by atoms with Gasteiger partial charge < -0.3 is 29.0 Å². The van der Waals surface area contributed by atoms with E-state index in [0.29, 0.717) is 15.9 Å². The Hall–Kier alpha value is -3.75. The summed E-state index contributed by atoms with van der Waals surface area (Å²) in [5.74, 6) is 2.12. The summed E-state index contributed by atoms with van der Waals surface area (Å²) < 4.78 is 18.8. The molecule has 2 aromatic carbocycles. The average molecular weight is 533 g/mol. The molecule has 2 aromatic heterocycles. The van der Waals surface area contributed by atoms with E-state index in [4.69, 9.17) is 38.0 Å². The number of ether oxygens (including phenoxy) is 3. The zero-order chi connectivity index (χ0) is 25.7. The van der Waals surface area contributed by atoms with E-state index in [9.17, 15) is 0 Å². The number of thiocarbonyl (C=S) groups is 1. The van der Waals surface area contributed by atoms with Crippen molar-refractivity contribution in [2.45, 2.75) is 25.9 Å². The highest BCUT2D eigenvalue weighted by Gasteiger charge is 2.42. The normalized spacial score (nSPS) is 18.3. The molecular weight excluding hydrogens is 508 g/mol. The maximum Gasteiger partial charge on any atom is 0.231 e. The van der Waals surface area contributed by atoms with Gasteiger partial charge in [-0.05, 0) is 80.2 Å². The quantitative estimate of drug-likeness (QED) is 0.314. The van der Waals surface area contributed by atoms with Crippen LogP contribution in [0.2, 0.25) is 5.02 Å². The lowest BCUT2D eigenvalue weighted by molar-refractivity contribution is 0.174. The fourth-order valence-electron chi connectivity index (χ4n) is 5.26. The summed E-state index contributed by atoms with van der Waals surface area (Å²) >= 11 is 12.4. The Kier molecular flexibility index (Phi) is 5.93. The predicted octanol–water partition coefficient (Wildman–Crippen LogP) is 6.06. The number of benzene rings is 2. The van der Waals surface area contributed by atoms with Crippen molar-refractivity contribution >= 4 is 34.6 Å². The summed E-state index contributed by atoms with van der Waals surface area (Å²) in [5, 5.41) is 4.65. The number of hydrogen-bond acceptors (Lipinski definition) is 5. The molecule has 0 saturated carbocycles. The fourth-order valence-corrected chi connectivity index (χ4v) is 5.86. The molecule has 4 aromatic rings. The summed E-state index contributed by atoms with van der Waals surface area (Å²) in [7, 11) is 1.60. The van der Waals surface area contributed by atoms with Crippen LogP contribution in [0.15, 0.2) is 66.9 Å². The molecule has 0 spiro atoms. The molecule has 0 bridgehead atoms. The van der Waals surface area contributed by atoms with E-state index < -0.39 is 0 Å². The lowest BCUT2D eigenvalue weighted by Crippen LogP contribution is -2.29. The van der Waals surface area contributed by atoms with E-state index in [1.165, 1.54) is 0 Å². The van der Waals surface area contributed by atoms with Crippen molar-refractivity contribution in [3.8, 4) is 22.9 Å². The lowest BCUT2D eigenvalue weighted by atomic mass is 9.96. The van der Waals surface area contributed by atoms with E-state index in [0.717, 1.165) is 45.5 Å². The zero-order valence-electron chi connectivity index (χ0n) is 20.6. The summed E-state index contributed by atoms with van der Waals surface area (Å²) in [6.07, 6.45) is 1.81. The van der Waals surface area contributed by atoms with Crippen LogP contribution in [0.4, 0.5) is 5.69 Å². The summed E-state index contributed by atoms with van der Waals surface area (Å²) in [6, 6.07) is 19.6. The Bertz CT molecular complexity index is 1510. The first-order valence-corrected chi connectivity index (χ1v) is 12.7. The van der Waals surface area contributed by atoms with Crippen molar-refractivity contribution in [3.05, 3.63) is 94.5 Å². The molecule has 1 fully saturated rings. The van der Waals surface area contributed by atoms with Crippen LogP contribution >= 0.6 is 23.8 Å². The van der Waals surface area contributed by atoms with Crippen molar-refractivity contribution < 1.29 is 14.2 Å². The van der Waals surface area contributed by atoms with Gasteiger partial charge in [-0.15, -0.1) is 0 Å². The standard InChI is InChI=1S/C28H25ClN4O3S/c1-16-12-20(17(2)32(16)19-8-10-24-25(14-19)36-15-35-24)27-26(22-6-4-5-11-30-22)31-28(37)33(27)18-7-9-23(34-3)21(29)13-18/h4-14,26-27H,15H2,1-3H3,(H,31,37). The molecule has 2 aliphatic rings. The van der Waals surface area contributed by atoms with Gasteiger partial charge in [0.15, 0.2) is 16.6 Å². The molecule has 7 nitrogen and oxygen atoms in total. The minimum absolute atomic E-state index is 0.166. The highest BCUT2D eigenvalue weighted by Crippen LogP contribution is 2.45. The fraction of sp³-hybridized carbons (Fsp3) is 0.214. The van der Waals surface area contributed by atoms with Crippen LogP contribution in [0.25, 0.3) is 5.69 Å². The molecule has 0 radical (unpaired) electrons. The lowest BCUT2D eigenvalue weighted by Gasteiger charge is -2.28. The number of methoxy groups -OCH3 is 1. The third-order valence-corrected chi connectivity index (χ3v) is 7.52. The topological polar surface area (TPSA) is 60.8 Å². The molecule has 188 valence electrons. The van der Waals surface area contributed by atoms with Crippen molar-refractivity contribution in [1.29, 1.82) is 0 Å². The minimum Gasteiger partial charge on any atom is -0.495 e. The minimum atomic E-state index is -0.166. The molecule has 2 aliphatic heterocycles. The number of anilines is 1. The Balaban J connectivity index is 1.50. The summed E-state index contributed by atoms with van der Waals surface area (Å²) in [6.45, 7) is 4.47. The van der Waals surface area contributed by atoms with Gasteiger partial charge in [-0.3, -0.25) is 4.98 Å². The van der Waals surface area contributed by atoms with E-state index >= 15 is 0 Å². The van der Waals surface area contributed by atoms with Gasteiger partial charge in [0.2, 0.25) is 6.79 Å². The second-order valence-electron chi connectivity index (χ2n) is 9.01. The van der Waals surface area contributed by atoms with Gasteiger partial charge in [0.05, 0.1) is 29.9 Å². The number of aromatic nitrogens is 2. The van der Waals surface area contributed by atoms with E-state index in [2.05, 4.69) is 39.7 Å². The van der Waals surface area contributed by atoms with E-state index in [1.54, 1.807) is 13.3 Å². The first-order chi connectivity index (χ1) is 18.0. The van der Waals surface area contributed by atoms with Crippen LogP contribution < -0.4 is 24.4 Å². The maximum absolute atomic E-state index is 6.54. The monoisotopic (exact) mass is 532 g/mol. The third-order valence-electron chi connectivity index (χ3n) is 6.91. The van der Waals surface area contributed by atoms with Crippen molar-refractivity contribution in [2.24, 2.45) is 0 Å². The van der Waals surface area contributed by atoms with Crippen LogP contribution in [0, 0.1) is 13.8 Å². The molecule has 2 atom stereocenters. The van der Waals surface area contributed by atoms with Crippen LogP contribution in [0.5, 0.6) is 17.2 Å². The SMILES string of the molecule is COc1ccc(N2C(=S)NC(c3ccccn3)C2c2cc(C)n(-c3ccc4c(c3)OCO4)c2C)cc1Cl. The Morgan fingerprint density at radius 2 is 1.84 bits per heavy atom. The molecule has 9 heteroatoms. The molecule has 2 unspecified atom stereocenters. The number of fused-ring (bicyclic) bond motifs is 1.